The standard InChI is InChI=1S/C20H24N2O2S/c1-2-17(15-7-4-3-5-8-15)18-9-6-11-22(18)19(23)13-21-20(24)16-10-12-25-14-16/h3-5,7-8,10,12,14,17-18H,2,6,9,11,13H2,1H3,(H,21,24). The van der Waals surface area contributed by atoms with Crippen LogP contribution in [-0.2, 0) is 4.79 Å². The molecular weight excluding hydrogens is 332 g/mol. The summed E-state index contributed by atoms with van der Waals surface area (Å²) in [6, 6.07) is 12.4. The Morgan fingerprint density at radius 1 is 1.28 bits per heavy atom. The summed E-state index contributed by atoms with van der Waals surface area (Å²) in [4.78, 5) is 26.7. The number of hydrogen-bond donors (Lipinski definition) is 1. The molecule has 2 aromatic rings. The van der Waals surface area contributed by atoms with Gasteiger partial charge in [0, 0.05) is 29.4 Å². The van der Waals surface area contributed by atoms with Crippen molar-refractivity contribution < 1.29 is 9.59 Å². The molecule has 1 aliphatic rings. The first-order chi connectivity index (χ1) is 12.2. The lowest BCUT2D eigenvalue weighted by Gasteiger charge is -2.31. The summed E-state index contributed by atoms with van der Waals surface area (Å²) in [5.74, 6) is 0.182. The van der Waals surface area contributed by atoms with Crippen LogP contribution in [0.25, 0.3) is 0 Å². The number of thiophene rings is 1. The lowest BCUT2D eigenvalue weighted by atomic mass is 9.87. The van der Waals surface area contributed by atoms with Crippen molar-refractivity contribution in [1.82, 2.24) is 10.2 Å². The molecule has 2 heterocycles. The van der Waals surface area contributed by atoms with Crippen molar-refractivity contribution in [2.45, 2.75) is 38.1 Å². The minimum absolute atomic E-state index is 0.0143. The van der Waals surface area contributed by atoms with E-state index in [-0.39, 0.29) is 24.4 Å². The van der Waals surface area contributed by atoms with Crippen LogP contribution < -0.4 is 5.32 Å². The van der Waals surface area contributed by atoms with Gasteiger partial charge in [0.05, 0.1) is 6.54 Å². The molecule has 3 rings (SSSR count). The van der Waals surface area contributed by atoms with Gasteiger partial charge >= 0.3 is 0 Å². The van der Waals surface area contributed by atoms with Gasteiger partial charge in [-0.1, -0.05) is 37.3 Å². The zero-order valence-corrected chi connectivity index (χ0v) is 15.3. The molecular formula is C20H24N2O2S. The van der Waals surface area contributed by atoms with Gasteiger partial charge in [0.25, 0.3) is 5.91 Å². The van der Waals surface area contributed by atoms with Crippen LogP contribution in [0.1, 0.15) is 48.0 Å². The molecule has 1 aromatic heterocycles. The van der Waals surface area contributed by atoms with E-state index in [0.717, 1.165) is 25.8 Å². The average molecular weight is 356 g/mol. The Bertz CT molecular complexity index is 700. The number of hydrogen-bond acceptors (Lipinski definition) is 3. The molecule has 1 N–H and O–H groups in total. The van der Waals surface area contributed by atoms with Crippen LogP contribution in [0.4, 0.5) is 0 Å². The number of benzene rings is 1. The Balaban J connectivity index is 1.64. The fourth-order valence-corrected chi connectivity index (χ4v) is 4.34. The molecule has 2 atom stereocenters. The molecule has 2 unspecified atom stereocenters. The van der Waals surface area contributed by atoms with Crippen molar-refractivity contribution in [1.29, 1.82) is 0 Å². The second-order valence-corrected chi connectivity index (χ2v) is 7.20. The number of amides is 2. The molecule has 5 heteroatoms. The maximum atomic E-state index is 12.7. The van der Waals surface area contributed by atoms with Crippen molar-refractivity contribution >= 4 is 23.2 Å². The molecule has 0 saturated carbocycles. The number of rotatable bonds is 6. The Kier molecular flexibility index (Phi) is 5.87. The van der Waals surface area contributed by atoms with E-state index in [9.17, 15) is 9.59 Å². The SMILES string of the molecule is CCC(c1ccccc1)C1CCCN1C(=O)CNC(=O)c1ccsc1. The molecule has 2 amide bonds. The first kappa shape index (κ1) is 17.7. The quantitative estimate of drug-likeness (QED) is 0.859. The topological polar surface area (TPSA) is 49.4 Å². The van der Waals surface area contributed by atoms with Crippen molar-refractivity contribution in [3.63, 3.8) is 0 Å². The highest BCUT2D eigenvalue weighted by Crippen LogP contribution is 2.33. The monoisotopic (exact) mass is 356 g/mol. The fourth-order valence-electron chi connectivity index (χ4n) is 3.70. The zero-order valence-electron chi connectivity index (χ0n) is 14.5. The Labute approximate surface area is 152 Å². The Morgan fingerprint density at radius 3 is 2.76 bits per heavy atom. The normalized spacial score (nSPS) is 18.1. The summed E-state index contributed by atoms with van der Waals surface area (Å²) >= 11 is 1.48. The van der Waals surface area contributed by atoms with E-state index in [4.69, 9.17) is 0 Å². The first-order valence-corrected chi connectivity index (χ1v) is 9.79. The van der Waals surface area contributed by atoms with Crippen LogP contribution in [0.5, 0.6) is 0 Å². The molecule has 132 valence electrons. The Morgan fingerprint density at radius 2 is 2.08 bits per heavy atom. The highest BCUT2D eigenvalue weighted by Gasteiger charge is 2.34. The third kappa shape index (κ3) is 4.10. The van der Waals surface area contributed by atoms with Gasteiger partial charge in [0.2, 0.25) is 5.91 Å². The highest BCUT2D eigenvalue weighted by atomic mass is 32.1. The van der Waals surface area contributed by atoms with Gasteiger partial charge in [-0.2, -0.15) is 11.3 Å². The van der Waals surface area contributed by atoms with E-state index in [1.807, 2.05) is 16.3 Å². The second kappa shape index (κ2) is 8.30. The summed E-state index contributed by atoms with van der Waals surface area (Å²) in [5.41, 5.74) is 1.91. The van der Waals surface area contributed by atoms with Crippen LogP contribution in [-0.4, -0.2) is 35.8 Å². The predicted molar refractivity (Wildman–Crippen MR) is 101 cm³/mol. The van der Waals surface area contributed by atoms with E-state index < -0.39 is 0 Å². The lowest BCUT2D eigenvalue weighted by molar-refractivity contribution is -0.131. The largest absolute Gasteiger partial charge is 0.343 e. The number of nitrogens with one attached hydrogen (secondary N) is 1. The summed E-state index contributed by atoms with van der Waals surface area (Å²) in [6.07, 6.45) is 3.05. The van der Waals surface area contributed by atoms with Crippen LogP contribution in [0.15, 0.2) is 47.2 Å². The molecule has 4 nitrogen and oxygen atoms in total. The van der Waals surface area contributed by atoms with Gasteiger partial charge in [0.15, 0.2) is 0 Å². The van der Waals surface area contributed by atoms with Crippen LogP contribution in [0.2, 0.25) is 0 Å². The molecule has 1 saturated heterocycles. The lowest BCUT2D eigenvalue weighted by Crippen LogP contribution is -2.44. The first-order valence-electron chi connectivity index (χ1n) is 8.85. The molecule has 1 aromatic carbocycles. The van der Waals surface area contributed by atoms with E-state index in [2.05, 4.69) is 36.5 Å². The number of likely N-dealkylation sites (tertiary alicyclic amines) is 1. The van der Waals surface area contributed by atoms with Gasteiger partial charge in [0.1, 0.15) is 0 Å². The fraction of sp³-hybridized carbons (Fsp3) is 0.400. The summed E-state index contributed by atoms with van der Waals surface area (Å²) in [7, 11) is 0. The van der Waals surface area contributed by atoms with Gasteiger partial charge < -0.3 is 10.2 Å². The third-order valence-corrected chi connectivity index (χ3v) is 5.62. The molecule has 25 heavy (non-hydrogen) atoms. The van der Waals surface area contributed by atoms with Crippen molar-refractivity contribution in [2.75, 3.05) is 13.1 Å². The van der Waals surface area contributed by atoms with E-state index in [0.29, 0.717) is 11.5 Å². The molecule has 1 fully saturated rings. The van der Waals surface area contributed by atoms with Crippen molar-refractivity contribution in [2.24, 2.45) is 0 Å². The average Bonchev–Trinajstić information content (AvgIpc) is 3.33. The molecule has 0 spiro atoms. The highest BCUT2D eigenvalue weighted by molar-refractivity contribution is 7.08. The van der Waals surface area contributed by atoms with Crippen molar-refractivity contribution in [3.05, 3.63) is 58.3 Å². The third-order valence-electron chi connectivity index (χ3n) is 4.94. The maximum Gasteiger partial charge on any atom is 0.252 e. The minimum atomic E-state index is -0.180. The van der Waals surface area contributed by atoms with Crippen LogP contribution in [0, 0.1) is 0 Å². The molecule has 1 aliphatic heterocycles. The van der Waals surface area contributed by atoms with Crippen LogP contribution in [0.3, 0.4) is 0 Å². The summed E-state index contributed by atoms with van der Waals surface area (Å²) in [6.45, 7) is 3.02. The second-order valence-electron chi connectivity index (χ2n) is 6.42. The summed E-state index contributed by atoms with van der Waals surface area (Å²) < 4.78 is 0. The zero-order chi connectivity index (χ0) is 17.6. The summed E-state index contributed by atoms with van der Waals surface area (Å²) in [5, 5.41) is 6.41. The molecule has 0 bridgehead atoms. The maximum absolute atomic E-state index is 12.7. The Hall–Kier alpha value is -2.14. The predicted octanol–water partition coefficient (Wildman–Crippen LogP) is 3.66. The van der Waals surface area contributed by atoms with Crippen molar-refractivity contribution in [3.8, 4) is 0 Å². The van der Waals surface area contributed by atoms with E-state index in [1.165, 1.54) is 16.9 Å². The number of nitrogens with zero attached hydrogens (tertiary/aromatic N) is 1. The number of carbonyl (C=O) groups excluding carboxylic acids is 2. The van der Waals surface area contributed by atoms with Gasteiger partial charge in [-0.05, 0) is 36.3 Å². The van der Waals surface area contributed by atoms with E-state index >= 15 is 0 Å². The van der Waals surface area contributed by atoms with Gasteiger partial charge in [-0.15, -0.1) is 0 Å². The smallest absolute Gasteiger partial charge is 0.252 e. The molecule has 0 radical (unpaired) electrons. The minimum Gasteiger partial charge on any atom is -0.343 e. The number of carbonyl (C=O) groups is 2. The molecule has 0 aliphatic carbocycles. The van der Waals surface area contributed by atoms with Gasteiger partial charge in [-0.3, -0.25) is 9.59 Å². The van der Waals surface area contributed by atoms with E-state index in [1.54, 1.807) is 11.4 Å². The van der Waals surface area contributed by atoms with Gasteiger partial charge in [-0.25, -0.2) is 0 Å². The van der Waals surface area contributed by atoms with Crippen LogP contribution >= 0.6 is 11.3 Å².